The van der Waals surface area contributed by atoms with Crippen molar-refractivity contribution in [3.05, 3.63) is 11.6 Å². The molecule has 2 heterocycles. The number of ketones is 1. The number of carbonyl (C=O) groups excluding carboxylic acids is 2. The molecular formula is C29H42O7. The van der Waals surface area contributed by atoms with Crippen molar-refractivity contribution < 1.29 is 33.6 Å². The van der Waals surface area contributed by atoms with Crippen molar-refractivity contribution in [2.45, 2.75) is 109 Å². The SMILES string of the molecule is COC1CC(OC2CCC3(C)C(CCC45CCC(C6=CC(=O)OC6)C(C)(CC43)C5=O)C2)OC(C)C1O. The van der Waals surface area contributed by atoms with E-state index in [1.807, 2.05) is 6.92 Å². The maximum Gasteiger partial charge on any atom is 0.331 e. The number of methoxy groups -OCH3 is 1. The number of hydrogen-bond donors (Lipinski definition) is 1. The lowest BCUT2D eigenvalue weighted by Crippen LogP contribution is -2.55. The zero-order valence-electron chi connectivity index (χ0n) is 22.2. The molecule has 7 heteroatoms. The Morgan fingerprint density at radius 1 is 1.08 bits per heavy atom. The Morgan fingerprint density at radius 3 is 2.58 bits per heavy atom. The van der Waals surface area contributed by atoms with Crippen molar-refractivity contribution >= 4 is 11.8 Å². The van der Waals surface area contributed by atoms with E-state index in [1.165, 1.54) is 0 Å². The summed E-state index contributed by atoms with van der Waals surface area (Å²) in [5, 5.41) is 10.3. The van der Waals surface area contributed by atoms with E-state index in [1.54, 1.807) is 13.2 Å². The van der Waals surface area contributed by atoms with Gasteiger partial charge in [-0.2, -0.15) is 0 Å². The summed E-state index contributed by atoms with van der Waals surface area (Å²) in [5.41, 5.74) is 0.570. The van der Waals surface area contributed by atoms with Crippen molar-refractivity contribution in [2.75, 3.05) is 13.7 Å². The van der Waals surface area contributed by atoms with Gasteiger partial charge in [0, 0.05) is 30.4 Å². The fourth-order valence-corrected chi connectivity index (χ4v) is 9.60. The summed E-state index contributed by atoms with van der Waals surface area (Å²) in [4.78, 5) is 25.9. The molecule has 0 radical (unpaired) electrons. The second kappa shape index (κ2) is 8.62. The van der Waals surface area contributed by atoms with Gasteiger partial charge in [0.05, 0.1) is 18.3 Å². The molecule has 0 aromatic rings. The fourth-order valence-electron chi connectivity index (χ4n) is 9.60. The summed E-state index contributed by atoms with van der Waals surface area (Å²) in [6, 6.07) is 0. The highest BCUT2D eigenvalue weighted by Crippen LogP contribution is 2.73. The van der Waals surface area contributed by atoms with Gasteiger partial charge in [0.1, 0.15) is 18.5 Å². The van der Waals surface area contributed by atoms with Gasteiger partial charge in [0.2, 0.25) is 0 Å². The number of rotatable bonds is 4. The monoisotopic (exact) mass is 502 g/mol. The number of cyclic esters (lactones) is 1. The Bertz CT molecular complexity index is 961. The van der Waals surface area contributed by atoms with E-state index in [9.17, 15) is 14.7 Å². The molecule has 7 nitrogen and oxygen atoms in total. The molecule has 0 aromatic carbocycles. The maximum absolute atomic E-state index is 14.1. The normalized spacial score (nSPS) is 52.4. The van der Waals surface area contributed by atoms with Crippen molar-refractivity contribution in [1.29, 1.82) is 0 Å². The summed E-state index contributed by atoms with van der Waals surface area (Å²) in [6.07, 6.45) is 8.70. The quantitative estimate of drug-likeness (QED) is 0.460. The van der Waals surface area contributed by atoms with Gasteiger partial charge in [-0.05, 0) is 87.0 Å². The van der Waals surface area contributed by atoms with E-state index in [0.29, 0.717) is 30.6 Å². The standard InChI is InChI=1S/C29H42O7/c1-16-25(31)21(33-4)13-24(35-16)36-19-6-8-27(2)18(12-19)5-9-29-10-7-20(17-11-23(30)34-15-17)28(3,26(29)32)14-22(27)29/h11,16,18-22,24-25,31H,5-10,12-15H2,1-4H3. The van der Waals surface area contributed by atoms with E-state index in [-0.39, 0.29) is 47.3 Å². The third-order valence-electron chi connectivity index (χ3n) is 11.6. The lowest BCUT2D eigenvalue weighted by atomic mass is 9.47. The minimum atomic E-state index is -0.631. The van der Waals surface area contributed by atoms with Gasteiger partial charge in [0.15, 0.2) is 6.29 Å². The molecule has 4 saturated carbocycles. The zero-order valence-corrected chi connectivity index (χ0v) is 22.2. The number of aliphatic hydroxyl groups excluding tert-OH is 1. The maximum atomic E-state index is 14.1. The third-order valence-corrected chi connectivity index (χ3v) is 11.6. The number of aliphatic hydroxyl groups is 1. The molecule has 1 saturated heterocycles. The first-order chi connectivity index (χ1) is 17.1. The van der Waals surface area contributed by atoms with Crippen LogP contribution in [0.25, 0.3) is 0 Å². The Balaban J connectivity index is 1.18. The number of ether oxygens (including phenoxy) is 4. The van der Waals surface area contributed by atoms with Crippen molar-refractivity contribution in [2.24, 2.45) is 34.0 Å². The fraction of sp³-hybridized carbons (Fsp3) is 0.862. The molecule has 6 aliphatic rings. The summed E-state index contributed by atoms with van der Waals surface area (Å²) in [6.45, 7) is 6.85. The molecule has 1 N–H and O–H groups in total. The van der Waals surface area contributed by atoms with Gasteiger partial charge < -0.3 is 24.1 Å². The summed E-state index contributed by atoms with van der Waals surface area (Å²) < 4.78 is 23.2. The Morgan fingerprint density at radius 2 is 1.86 bits per heavy atom. The number of esters is 1. The molecule has 1 spiro atoms. The van der Waals surface area contributed by atoms with Crippen LogP contribution in [0.15, 0.2) is 11.6 Å². The van der Waals surface area contributed by atoms with Crippen LogP contribution in [0.1, 0.15) is 78.6 Å². The molecule has 2 bridgehead atoms. The van der Waals surface area contributed by atoms with E-state index in [4.69, 9.17) is 18.9 Å². The van der Waals surface area contributed by atoms with Crippen molar-refractivity contribution in [1.82, 2.24) is 0 Å². The summed E-state index contributed by atoms with van der Waals surface area (Å²) >= 11 is 0. The highest BCUT2D eigenvalue weighted by Gasteiger charge is 2.71. The smallest absolute Gasteiger partial charge is 0.331 e. The first kappa shape index (κ1) is 25.0. The molecule has 6 rings (SSSR count). The van der Waals surface area contributed by atoms with E-state index in [2.05, 4.69) is 13.8 Å². The number of Topliss-reactive ketones (excluding diaryl/α,β-unsaturated/α-hetero) is 1. The zero-order chi connectivity index (χ0) is 25.5. The van der Waals surface area contributed by atoms with Crippen LogP contribution < -0.4 is 0 Å². The summed E-state index contributed by atoms with van der Waals surface area (Å²) in [7, 11) is 1.63. The average Bonchev–Trinajstić information content (AvgIpc) is 3.32. The predicted octanol–water partition coefficient (Wildman–Crippen LogP) is 3.96. The van der Waals surface area contributed by atoms with Gasteiger partial charge in [0.25, 0.3) is 0 Å². The lowest BCUT2D eigenvalue weighted by molar-refractivity contribution is -0.271. The Kier molecular flexibility index (Phi) is 5.99. The van der Waals surface area contributed by atoms with Gasteiger partial charge >= 0.3 is 5.97 Å². The highest BCUT2D eigenvalue weighted by atomic mass is 16.7. The first-order valence-corrected chi connectivity index (χ1v) is 14.0. The van der Waals surface area contributed by atoms with Gasteiger partial charge in [-0.15, -0.1) is 0 Å². The topological polar surface area (TPSA) is 91.3 Å². The predicted molar refractivity (Wildman–Crippen MR) is 131 cm³/mol. The highest BCUT2D eigenvalue weighted by molar-refractivity contribution is 5.95. The van der Waals surface area contributed by atoms with Crippen LogP contribution in [0.4, 0.5) is 0 Å². The van der Waals surface area contributed by atoms with Crippen LogP contribution in [0, 0.1) is 34.0 Å². The van der Waals surface area contributed by atoms with E-state index in [0.717, 1.165) is 56.9 Å². The minimum absolute atomic E-state index is 0.128. The molecule has 0 aromatic heterocycles. The van der Waals surface area contributed by atoms with Crippen LogP contribution in [0.2, 0.25) is 0 Å². The number of fused-ring (bicyclic) bond motifs is 3. The van der Waals surface area contributed by atoms with E-state index < -0.39 is 11.5 Å². The van der Waals surface area contributed by atoms with Gasteiger partial charge in [-0.25, -0.2) is 4.79 Å². The van der Waals surface area contributed by atoms with Crippen LogP contribution in [-0.4, -0.2) is 61.3 Å². The van der Waals surface area contributed by atoms with Crippen molar-refractivity contribution in [3.63, 3.8) is 0 Å². The summed E-state index contributed by atoms with van der Waals surface area (Å²) in [5.74, 6) is 1.25. The molecule has 4 aliphatic carbocycles. The Labute approximate surface area is 214 Å². The molecule has 36 heavy (non-hydrogen) atoms. The average molecular weight is 503 g/mol. The van der Waals surface area contributed by atoms with Gasteiger partial charge in [-0.3, -0.25) is 4.79 Å². The van der Waals surface area contributed by atoms with Crippen LogP contribution in [0.3, 0.4) is 0 Å². The van der Waals surface area contributed by atoms with Crippen molar-refractivity contribution in [3.8, 4) is 0 Å². The van der Waals surface area contributed by atoms with Crippen LogP contribution in [0.5, 0.6) is 0 Å². The van der Waals surface area contributed by atoms with Crippen LogP contribution in [-0.2, 0) is 28.5 Å². The molecule has 200 valence electrons. The molecule has 2 aliphatic heterocycles. The minimum Gasteiger partial charge on any atom is -0.458 e. The second-order valence-electron chi connectivity index (χ2n) is 13.1. The molecule has 0 amide bonds. The van der Waals surface area contributed by atoms with Gasteiger partial charge in [-0.1, -0.05) is 13.8 Å². The largest absolute Gasteiger partial charge is 0.458 e. The molecular weight excluding hydrogens is 460 g/mol. The molecule has 11 atom stereocenters. The lowest BCUT2D eigenvalue weighted by Gasteiger charge is -2.57. The second-order valence-corrected chi connectivity index (χ2v) is 13.1. The van der Waals surface area contributed by atoms with E-state index >= 15 is 0 Å². The number of carbonyl (C=O) groups is 2. The Hall–Kier alpha value is -1.28. The molecule has 5 fully saturated rings. The first-order valence-electron chi connectivity index (χ1n) is 14.0. The third kappa shape index (κ3) is 3.52. The van der Waals surface area contributed by atoms with Crippen LogP contribution >= 0.6 is 0 Å². The molecule has 11 unspecified atom stereocenters. The number of hydrogen-bond acceptors (Lipinski definition) is 7.